The van der Waals surface area contributed by atoms with Gasteiger partial charge in [-0.3, -0.25) is 0 Å². The van der Waals surface area contributed by atoms with E-state index in [2.05, 4.69) is 27.7 Å². The maximum absolute atomic E-state index is 6.23. The second kappa shape index (κ2) is 6.77. The van der Waals surface area contributed by atoms with Crippen LogP contribution >= 0.6 is 11.6 Å². The van der Waals surface area contributed by atoms with Gasteiger partial charge in [0.1, 0.15) is 0 Å². The van der Waals surface area contributed by atoms with Crippen molar-refractivity contribution >= 4 is 11.6 Å². The predicted molar refractivity (Wildman–Crippen MR) is 57.8 cm³/mol. The standard InChI is InChI=1S/C11H23Cl/c1-5-9(3)7-11(12)8-10(4)6-2/h9-11H,5-8H2,1-4H3. The Balaban J connectivity index is 3.51. The van der Waals surface area contributed by atoms with E-state index < -0.39 is 0 Å². The van der Waals surface area contributed by atoms with Crippen LogP contribution in [-0.4, -0.2) is 5.38 Å². The molecular weight excluding hydrogens is 168 g/mol. The molecule has 0 aromatic rings. The van der Waals surface area contributed by atoms with E-state index in [0.29, 0.717) is 5.38 Å². The molecule has 1 heteroatoms. The van der Waals surface area contributed by atoms with Crippen molar-refractivity contribution in [3.8, 4) is 0 Å². The van der Waals surface area contributed by atoms with E-state index in [9.17, 15) is 0 Å². The molecule has 0 amide bonds. The molecule has 0 aliphatic carbocycles. The first-order chi connectivity index (χ1) is 5.60. The van der Waals surface area contributed by atoms with E-state index in [1.54, 1.807) is 0 Å². The van der Waals surface area contributed by atoms with Crippen LogP contribution in [0.15, 0.2) is 0 Å². The second-order valence-electron chi connectivity index (χ2n) is 4.10. The maximum atomic E-state index is 6.23. The lowest BCUT2D eigenvalue weighted by atomic mass is 9.95. The molecule has 0 rings (SSSR count). The highest BCUT2D eigenvalue weighted by molar-refractivity contribution is 6.20. The number of hydrogen-bond acceptors (Lipinski definition) is 0. The molecule has 0 saturated carbocycles. The molecule has 0 aromatic heterocycles. The third kappa shape index (κ3) is 5.88. The Hall–Kier alpha value is 0.290. The fourth-order valence-electron chi connectivity index (χ4n) is 1.30. The topological polar surface area (TPSA) is 0 Å². The van der Waals surface area contributed by atoms with Crippen LogP contribution in [0.1, 0.15) is 53.4 Å². The van der Waals surface area contributed by atoms with E-state index in [1.165, 1.54) is 25.7 Å². The van der Waals surface area contributed by atoms with Gasteiger partial charge >= 0.3 is 0 Å². The number of hydrogen-bond donors (Lipinski definition) is 0. The van der Waals surface area contributed by atoms with E-state index in [-0.39, 0.29) is 0 Å². The highest BCUT2D eigenvalue weighted by Crippen LogP contribution is 2.21. The largest absolute Gasteiger partial charge is 0.123 e. The lowest BCUT2D eigenvalue weighted by Crippen LogP contribution is -2.09. The minimum Gasteiger partial charge on any atom is -0.123 e. The molecule has 0 aliphatic rings. The summed E-state index contributed by atoms with van der Waals surface area (Å²) < 4.78 is 0. The summed E-state index contributed by atoms with van der Waals surface area (Å²) in [5.41, 5.74) is 0. The van der Waals surface area contributed by atoms with Gasteiger partial charge in [0.05, 0.1) is 0 Å². The van der Waals surface area contributed by atoms with Crippen molar-refractivity contribution in [2.75, 3.05) is 0 Å². The van der Waals surface area contributed by atoms with E-state index >= 15 is 0 Å². The molecule has 0 saturated heterocycles. The Morgan fingerprint density at radius 1 is 0.917 bits per heavy atom. The van der Waals surface area contributed by atoms with Gasteiger partial charge in [-0.2, -0.15) is 0 Å². The average Bonchev–Trinajstić information content (AvgIpc) is 2.03. The Kier molecular flexibility index (Phi) is 6.93. The minimum atomic E-state index is 0.398. The lowest BCUT2D eigenvalue weighted by Gasteiger charge is -2.17. The van der Waals surface area contributed by atoms with Crippen molar-refractivity contribution in [2.24, 2.45) is 11.8 Å². The van der Waals surface area contributed by atoms with Crippen LogP contribution in [0.2, 0.25) is 0 Å². The first kappa shape index (κ1) is 12.3. The minimum absolute atomic E-state index is 0.398. The summed E-state index contributed by atoms with van der Waals surface area (Å²) in [4.78, 5) is 0. The van der Waals surface area contributed by atoms with Gasteiger partial charge in [0.2, 0.25) is 0 Å². The summed E-state index contributed by atoms with van der Waals surface area (Å²) in [6, 6.07) is 0. The third-order valence-electron chi connectivity index (χ3n) is 2.71. The zero-order chi connectivity index (χ0) is 9.56. The molecule has 74 valence electrons. The molecule has 0 nitrogen and oxygen atoms in total. The van der Waals surface area contributed by atoms with Crippen LogP contribution in [0.4, 0.5) is 0 Å². The summed E-state index contributed by atoms with van der Waals surface area (Å²) >= 11 is 6.23. The average molecular weight is 191 g/mol. The summed E-state index contributed by atoms with van der Waals surface area (Å²) in [5.74, 6) is 1.58. The van der Waals surface area contributed by atoms with Crippen molar-refractivity contribution in [3.05, 3.63) is 0 Å². The van der Waals surface area contributed by atoms with Crippen molar-refractivity contribution < 1.29 is 0 Å². The molecule has 0 spiro atoms. The van der Waals surface area contributed by atoms with Crippen LogP contribution in [0.25, 0.3) is 0 Å². The zero-order valence-electron chi connectivity index (χ0n) is 8.94. The summed E-state index contributed by atoms with van der Waals surface area (Å²) in [6.45, 7) is 9.03. The molecule has 2 atom stereocenters. The van der Waals surface area contributed by atoms with E-state index in [4.69, 9.17) is 11.6 Å². The zero-order valence-corrected chi connectivity index (χ0v) is 9.69. The molecule has 2 unspecified atom stereocenters. The summed E-state index contributed by atoms with van der Waals surface area (Å²) in [5, 5.41) is 0.398. The normalized spacial score (nSPS) is 18.8. The number of rotatable bonds is 6. The van der Waals surface area contributed by atoms with Crippen LogP contribution in [0.5, 0.6) is 0 Å². The second-order valence-corrected chi connectivity index (χ2v) is 4.71. The van der Waals surface area contributed by atoms with Crippen molar-refractivity contribution in [2.45, 2.75) is 58.8 Å². The van der Waals surface area contributed by atoms with Gasteiger partial charge in [-0.15, -0.1) is 11.6 Å². The van der Waals surface area contributed by atoms with Gasteiger partial charge in [-0.05, 0) is 24.7 Å². The van der Waals surface area contributed by atoms with Crippen molar-refractivity contribution in [3.63, 3.8) is 0 Å². The first-order valence-corrected chi connectivity index (χ1v) is 5.67. The number of alkyl halides is 1. The van der Waals surface area contributed by atoms with Crippen molar-refractivity contribution in [1.82, 2.24) is 0 Å². The van der Waals surface area contributed by atoms with Crippen molar-refractivity contribution in [1.29, 1.82) is 0 Å². The number of halogens is 1. The SMILES string of the molecule is CCC(C)CC(Cl)CC(C)CC. The molecule has 0 aromatic carbocycles. The fourth-order valence-corrected chi connectivity index (χ4v) is 1.91. The summed E-state index contributed by atoms with van der Waals surface area (Å²) in [6.07, 6.45) is 4.87. The Bertz CT molecular complexity index is 89.2. The molecule has 12 heavy (non-hydrogen) atoms. The molecule has 0 fully saturated rings. The molecule has 0 radical (unpaired) electrons. The van der Waals surface area contributed by atoms with Crippen LogP contribution in [-0.2, 0) is 0 Å². The smallest absolute Gasteiger partial charge is 0.0341 e. The first-order valence-electron chi connectivity index (χ1n) is 5.24. The highest BCUT2D eigenvalue weighted by Gasteiger charge is 2.11. The van der Waals surface area contributed by atoms with Gasteiger partial charge in [0.15, 0.2) is 0 Å². The summed E-state index contributed by atoms with van der Waals surface area (Å²) in [7, 11) is 0. The molecule has 0 N–H and O–H groups in total. The monoisotopic (exact) mass is 190 g/mol. The maximum Gasteiger partial charge on any atom is 0.0341 e. The van der Waals surface area contributed by atoms with Gasteiger partial charge < -0.3 is 0 Å². The van der Waals surface area contributed by atoms with Crippen LogP contribution < -0.4 is 0 Å². The predicted octanol–water partition coefficient (Wildman–Crippen LogP) is 4.47. The Morgan fingerprint density at radius 3 is 1.50 bits per heavy atom. The van der Waals surface area contributed by atoms with E-state index in [1.807, 2.05) is 0 Å². The lowest BCUT2D eigenvalue weighted by molar-refractivity contribution is 0.433. The molecule has 0 bridgehead atoms. The van der Waals surface area contributed by atoms with Crippen LogP contribution in [0.3, 0.4) is 0 Å². The Labute approximate surface area is 82.7 Å². The molecular formula is C11H23Cl. The van der Waals surface area contributed by atoms with Crippen LogP contribution in [0, 0.1) is 11.8 Å². The Morgan fingerprint density at radius 2 is 1.25 bits per heavy atom. The fraction of sp³-hybridized carbons (Fsp3) is 1.00. The van der Waals surface area contributed by atoms with Gasteiger partial charge in [-0.25, -0.2) is 0 Å². The molecule has 0 heterocycles. The van der Waals surface area contributed by atoms with Gasteiger partial charge in [0, 0.05) is 5.38 Å². The molecule has 0 aliphatic heterocycles. The highest BCUT2D eigenvalue weighted by atomic mass is 35.5. The van der Waals surface area contributed by atoms with E-state index in [0.717, 1.165) is 11.8 Å². The quantitative estimate of drug-likeness (QED) is 0.543. The van der Waals surface area contributed by atoms with Gasteiger partial charge in [0.25, 0.3) is 0 Å². The third-order valence-corrected chi connectivity index (χ3v) is 3.07. The van der Waals surface area contributed by atoms with Gasteiger partial charge in [-0.1, -0.05) is 40.5 Å².